The number of amidine groups is 1. The number of hydrogen-bond acceptors (Lipinski definition) is 6. The van der Waals surface area contributed by atoms with Crippen molar-refractivity contribution in [2.75, 3.05) is 36.0 Å². The number of benzene rings is 1. The highest BCUT2D eigenvalue weighted by atomic mass is 32.2. The second-order valence-corrected chi connectivity index (χ2v) is 7.58. The molecule has 0 radical (unpaired) electrons. The summed E-state index contributed by atoms with van der Waals surface area (Å²) in [4.78, 5) is 16.5. The summed E-state index contributed by atoms with van der Waals surface area (Å²) >= 11 is 1.99. The predicted octanol–water partition coefficient (Wildman–Crippen LogP) is 3.75. The summed E-state index contributed by atoms with van der Waals surface area (Å²) in [7, 11) is 0. The lowest BCUT2D eigenvalue weighted by atomic mass is 10.2. The number of hydrazine groups is 1. The van der Waals surface area contributed by atoms with Crippen LogP contribution in [-0.2, 0) is 0 Å². The van der Waals surface area contributed by atoms with Gasteiger partial charge in [0.05, 0.1) is 0 Å². The maximum absolute atomic E-state index is 4.78. The van der Waals surface area contributed by atoms with Crippen molar-refractivity contribution in [2.45, 2.75) is 20.3 Å². The van der Waals surface area contributed by atoms with Gasteiger partial charge in [-0.2, -0.15) is 11.8 Å². The van der Waals surface area contributed by atoms with Crippen molar-refractivity contribution in [2.24, 2.45) is 4.99 Å². The summed E-state index contributed by atoms with van der Waals surface area (Å²) in [6.07, 6.45) is 4.79. The van der Waals surface area contributed by atoms with Crippen molar-refractivity contribution in [1.29, 1.82) is 0 Å². The molecular formula is C21H28N6S. The van der Waals surface area contributed by atoms with Crippen LogP contribution in [0.4, 0.5) is 11.6 Å². The van der Waals surface area contributed by atoms with Gasteiger partial charge in [-0.15, -0.1) is 0 Å². The number of aliphatic imine (C=N–C) groups is 1. The Labute approximate surface area is 171 Å². The molecule has 2 aromatic rings. The monoisotopic (exact) mass is 396 g/mol. The smallest absolute Gasteiger partial charge is 0.160 e. The predicted molar refractivity (Wildman–Crippen MR) is 121 cm³/mol. The standard InChI is InChI=1S/C21H28N6S/c1-3-18(26-22-4-2)23-20-16-21(27-12-14-28-15-13-27)25-19(24-20)11-10-17-8-6-5-7-9-17/h5-11,16,22H,3-4,12-15H2,1-2H3,(H,23,24,25,26)/b11-10+. The highest BCUT2D eigenvalue weighted by Gasteiger charge is 2.14. The first-order chi connectivity index (χ1) is 13.8. The molecular weight excluding hydrogens is 368 g/mol. The molecule has 2 heterocycles. The highest BCUT2D eigenvalue weighted by Crippen LogP contribution is 2.22. The minimum atomic E-state index is 0.678. The van der Waals surface area contributed by atoms with Crippen molar-refractivity contribution in [3.8, 4) is 0 Å². The largest absolute Gasteiger partial charge is 0.355 e. The van der Waals surface area contributed by atoms with Crippen LogP contribution in [0.25, 0.3) is 12.2 Å². The van der Waals surface area contributed by atoms with E-state index in [9.17, 15) is 0 Å². The second-order valence-electron chi connectivity index (χ2n) is 6.35. The van der Waals surface area contributed by atoms with Crippen LogP contribution in [0.2, 0.25) is 0 Å². The zero-order valence-electron chi connectivity index (χ0n) is 16.6. The molecule has 3 rings (SSSR count). The Morgan fingerprint density at radius 1 is 1.14 bits per heavy atom. The van der Waals surface area contributed by atoms with E-state index in [1.165, 1.54) is 0 Å². The maximum Gasteiger partial charge on any atom is 0.160 e. The Bertz CT molecular complexity index is 800. The van der Waals surface area contributed by atoms with Crippen LogP contribution < -0.4 is 15.8 Å². The lowest BCUT2D eigenvalue weighted by Gasteiger charge is -2.27. The van der Waals surface area contributed by atoms with Gasteiger partial charge >= 0.3 is 0 Å². The first-order valence-electron chi connectivity index (χ1n) is 9.80. The third-order valence-corrected chi connectivity index (χ3v) is 5.21. The summed E-state index contributed by atoms with van der Waals surface area (Å²) in [6, 6.07) is 12.2. The Morgan fingerprint density at radius 3 is 2.64 bits per heavy atom. The van der Waals surface area contributed by atoms with Gasteiger partial charge in [-0.3, -0.25) is 0 Å². The fourth-order valence-corrected chi connectivity index (χ4v) is 3.69. The normalized spacial score (nSPS) is 15.2. The van der Waals surface area contributed by atoms with Crippen LogP contribution in [0.15, 0.2) is 41.4 Å². The molecule has 1 aromatic carbocycles. The molecule has 7 heteroatoms. The first-order valence-corrected chi connectivity index (χ1v) is 10.9. The Hall–Kier alpha value is -2.38. The minimum Gasteiger partial charge on any atom is -0.355 e. The van der Waals surface area contributed by atoms with E-state index in [-0.39, 0.29) is 0 Å². The van der Waals surface area contributed by atoms with Gasteiger partial charge < -0.3 is 10.3 Å². The summed E-state index contributed by atoms with van der Waals surface area (Å²) < 4.78 is 0. The van der Waals surface area contributed by atoms with Gasteiger partial charge in [-0.1, -0.05) is 50.3 Å². The van der Waals surface area contributed by atoms with Gasteiger partial charge in [0.2, 0.25) is 0 Å². The molecule has 0 aliphatic carbocycles. The molecule has 1 saturated heterocycles. The summed E-state index contributed by atoms with van der Waals surface area (Å²) in [6.45, 7) is 6.95. The number of anilines is 1. The van der Waals surface area contributed by atoms with E-state index in [0.717, 1.165) is 54.8 Å². The fourth-order valence-electron chi connectivity index (χ4n) is 2.79. The lowest BCUT2D eigenvalue weighted by molar-refractivity contribution is 0.676. The molecule has 28 heavy (non-hydrogen) atoms. The van der Waals surface area contributed by atoms with Gasteiger partial charge in [0, 0.05) is 43.6 Å². The zero-order chi connectivity index (χ0) is 19.6. The third kappa shape index (κ3) is 6.07. The Kier molecular flexibility index (Phi) is 7.87. The van der Waals surface area contributed by atoms with Gasteiger partial charge in [0.1, 0.15) is 11.7 Å². The van der Waals surface area contributed by atoms with Crippen molar-refractivity contribution in [1.82, 2.24) is 20.8 Å². The molecule has 1 aromatic heterocycles. The second kappa shape index (κ2) is 10.8. The Balaban J connectivity index is 1.91. The summed E-state index contributed by atoms with van der Waals surface area (Å²) in [5.41, 5.74) is 7.38. The van der Waals surface area contributed by atoms with Crippen LogP contribution in [0.3, 0.4) is 0 Å². The van der Waals surface area contributed by atoms with Gasteiger partial charge in [-0.05, 0) is 11.6 Å². The molecule has 0 bridgehead atoms. The van der Waals surface area contributed by atoms with Gasteiger partial charge in [-0.25, -0.2) is 20.4 Å². The van der Waals surface area contributed by atoms with E-state index < -0.39 is 0 Å². The molecule has 1 fully saturated rings. The first kappa shape index (κ1) is 20.4. The summed E-state index contributed by atoms with van der Waals surface area (Å²) in [5.74, 6) is 5.41. The molecule has 6 nitrogen and oxygen atoms in total. The van der Waals surface area contributed by atoms with E-state index in [4.69, 9.17) is 9.98 Å². The van der Waals surface area contributed by atoms with Crippen molar-refractivity contribution in [3.63, 3.8) is 0 Å². The van der Waals surface area contributed by atoms with Crippen molar-refractivity contribution < 1.29 is 0 Å². The van der Waals surface area contributed by atoms with Crippen LogP contribution in [0.5, 0.6) is 0 Å². The van der Waals surface area contributed by atoms with Crippen LogP contribution in [0, 0.1) is 0 Å². The van der Waals surface area contributed by atoms with Crippen molar-refractivity contribution in [3.05, 3.63) is 47.8 Å². The van der Waals surface area contributed by atoms with Crippen molar-refractivity contribution >= 4 is 41.4 Å². The SMILES string of the molecule is CCNN/C(CC)=N/c1cc(N2CCSCC2)nc(/C=C/c2ccccc2)n1. The van der Waals surface area contributed by atoms with E-state index >= 15 is 0 Å². The van der Waals surface area contributed by atoms with Gasteiger partial charge in [0.15, 0.2) is 11.6 Å². The lowest BCUT2D eigenvalue weighted by Crippen LogP contribution is -2.36. The van der Waals surface area contributed by atoms with Crippen LogP contribution >= 0.6 is 11.8 Å². The molecule has 2 N–H and O–H groups in total. The molecule has 0 atom stereocenters. The number of nitrogens with zero attached hydrogens (tertiary/aromatic N) is 4. The molecule has 1 aliphatic heterocycles. The maximum atomic E-state index is 4.78. The number of rotatable bonds is 7. The van der Waals surface area contributed by atoms with Crippen LogP contribution in [-0.4, -0.2) is 46.9 Å². The number of hydrogen-bond donors (Lipinski definition) is 2. The number of nitrogens with one attached hydrogen (secondary N) is 2. The summed E-state index contributed by atoms with van der Waals surface area (Å²) in [5, 5.41) is 0. The molecule has 148 valence electrons. The van der Waals surface area contributed by atoms with Crippen LogP contribution in [0.1, 0.15) is 31.7 Å². The molecule has 1 aliphatic rings. The third-order valence-electron chi connectivity index (χ3n) is 4.27. The minimum absolute atomic E-state index is 0.678. The number of aromatic nitrogens is 2. The highest BCUT2D eigenvalue weighted by molar-refractivity contribution is 7.99. The average molecular weight is 397 g/mol. The van der Waals surface area contributed by atoms with E-state index in [1.54, 1.807) is 0 Å². The Morgan fingerprint density at radius 2 is 1.93 bits per heavy atom. The van der Waals surface area contributed by atoms with E-state index in [1.807, 2.05) is 55.1 Å². The molecule has 0 spiro atoms. The molecule has 0 amide bonds. The quantitative estimate of drug-likeness (QED) is 0.422. The molecule has 0 saturated carbocycles. The molecule has 0 unspecified atom stereocenters. The van der Waals surface area contributed by atoms with E-state index in [0.29, 0.717) is 11.6 Å². The topological polar surface area (TPSA) is 65.4 Å². The number of thioether (sulfide) groups is 1. The van der Waals surface area contributed by atoms with Gasteiger partial charge in [0.25, 0.3) is 0 Å². The average Bonchev–Trinajstić information content (AvgIpc) is 2.76. The van der Waals surface area contributed by atoms with E-state index in [2.05, 4.69) is 39.8 Å². The zero-order valence-corrected chi connectivity index (χ0v) is 17.4. The fraction of sp³-hybridized carbons (Fsp3) is 0.381.